The maximum Gasteiger partial charge on any atom is 0.193 e. The van der Waals surface area contributed by atoms with Crippen LogP contribution in [0.4, 0.5) is 15.8 Å². The van der Waals surface area contributed by atoms with Crippen LogP contribution in [0.1, 0.15) is 67.1 Å². The summed E-state index contributed by atoms with van der Waals surface area (Å²) in [5.74, 6) is -0.396. The average molecular weight is 611 g/mol. The summed E-state index contributed by atoms with van der Waals surface area (Å²) in [6, 6.07) is 12.2. The molecule has 0 bridgehead atoms. The van der Waals surface area contributed by atoms with E-state index in [4.69, 9.17) is 0 Å². The Bertz CT molecular complexity index is 1740. The number of fused-ring (bicyclic) bond motifs is 1. The molecule has 7 rings (SSSR count). The first-order valence-corrected chi connectivity index (χ1v) is 16.5. The van der Waals surface area contributed by atoms with E-state index in [9.17, 15) is 9.90 Å². The number of hydrogen-bond donors (Lipinski definition) is 1. The molecule has 4 aromatic rings. The zero-order chi connectivity index (χ0) is 31.1. The minimum Gasteiger partial charge on any atom is -0.391 e. The number of nitrogens with zero attached hydrogens (tertiary/aromatic N) is 6. The summed E-state index contributed by atoms with van der Waals surface area (Å²) >= 11 is 0. The highest BCUT2D eigenvalue weighted by atomic mass is 19.1. The minimum absolute atomic E-state index is 0.0997. The normalized spacial score (nSPS) is 20.7. The van der Waals surface area contributed by atoms with Crippen molar-refractivity contribution in [1.82, 2.24) is 19.4 Å². The fourth-order valence-electron chi connectivity index (χ4n) is 7.20. The molecule has 2 aliphatic heterocycles. The van der Waals surface area contributed by atoms with Gasteiger partial charge in [0.25, 0.3) is 0 Å². The number of piperidine rings is 2. The number of aromatic nitrogens is 3. The largest absolute Gasteiger partial charge is 0.391 e. The number of β-amino-alcohol motifs (C(OH)–C–C–N with tert-alkyl or cyclic N) is 1. The van der Waals surface area contributed by atoms with Crippen LogP contribution in [0, 0.1) is 19.7 Å². The van der Waals surface area contributed by atoms with Gasteiger partial charge in [-0.25, -0.2) is 4.39 Å². The van der Waals surface area contributed by atoms with Gasteiger partial charge in [-0.3, -0.25) is 19.7 Å². The zero-order valence-electron chi connectivity index (χ0n) is 26.3. The van der Waals surface area contributed by atoms with Crippen molar-refractivity contribution in [2.45, 2.75) is 83.6 Å². The highest BCUT2D eigenvalue weighted by molar-refractivity contribution is 5.84. The van der Waals surface area contributed by atoms with E-state index in [1.54, 1.807) is 0 Å². The minimum atomic E-state index is -0.463. The lowest BCUT2D eigenvalue weighted by atomic mass is 10.0. The Labute approximate surface area is 264 Å². The zero-order valence-corrected chi connectivity index (χ0v) is 26.3. The molecule has 0 amide bonds. The van der Waals surface area contributed by atoms with E-state index in [2.05, 4.69) is 48.6 Å². The Hall–Kier alpha value is -3.82. The van der Waals surface area contributed by atoms with Crippen molar-refractivity contribution in [2.75, 3.05) is 36.0 Å². The van der Waals surface area contributed by atoms with E-state index in [0.717, 1.165) is 74.2 Å². The fourth-order valence-corrected chi connectivity index (χ4v) is 7.20. The molecule has 3 aromatic heterocycles. The number of rotatable bonds is 8. The van der Waals surface area contributed by atoms with Crippen molar-refractivity contribution in [2.24, 2.45) is 0 Å². The van der Waals surface area contributed by atoms with Crippen molar-refractivity contribution in [3.05, 3.63) is 93.5 Å². The van der Waals surface area contributed by atoms with E-state index in [0.29, 0.717) is 48.9 Å². The summed E-state index contributed by atoms with van der Waals surface area (Å²) in [6.07, 6.45) is 11.1. The molecule has 0 unspecified atom stereocenters. The molecule has 0 spiro atoms. The number of pyridine rings is 3. The van der Waals surface area contributed by atoms with Crippen molar-refractivity contribution in [3.63, 3.8) is 0 Å². The van der Waals surface area contributed by atoms with Crippen LogP contribution in [0.3, 0.4) is 0 Å². The highest BCUT2D eigenvalue weighted by Gasteiger charge is 2.30. The molecular weight excluding hydrogens is 567 g/mol. The number of benzene rings is 1. The quantitative estimate of drug-likeness (QED) is 0.282. The molecule has 5 heterocycles. The van der Waals surface area contributed by atoms with E-state index in [1.165, 1.54) is 11.6 Å². The molecule has 2 atom stereocenters. The van der Waals surface area contributed by atoms with Gasteiger partial charge >= 0.3 is 0 Å². The van der Waals surface area contributed by atoms with Gasteiger partial charge in [0, 0.05) is 86.1 Å². The summed E-state index contributed by atoms with van der Waals surface area (Å²) < 4.78 is 17.9. The van der Waals surface area contributed by atoms with Crippen molar-refractivity contribution in [3.8, 4) is 0 Å². The van der Waals surface area contributed by atoms with Gasteiger partial charge in [-0.1, -0.05) is 0 Å². The number of aliphatic hydroxyl groups is 1. The first kappa shape index (κ1) is 29.9. The Morgan fingerprint density at radius 1 is 0.933 bits per heavy atom. The molecule has 45 heavy (non-hydrogen) atoms. The smallest absolute Gasteiger partial charge is 0.193 e. The summed E-state index contributed by atoms with van der Waals surface area (Å²) in [5.41, 5.74) is 6.13. The molecule has 8 nitrogen and oxygen atoms in total. The van der Waals surface area contributed by atoms with E-state index in [-0.39, 0.29) is 11.5 Å². The highest BCUT2D eigenvalue weighted by Crippen LogP contribution is 2.38. The third-order valence-corrected chi connectivity index (χ3v) is 9.75. The molecule has 3 fully saturated rings. The van der Waals surface area contributed by atoms with Gasteiger partial charge in [-0.2, -0.15) is 0 Å². The molecule has 0 radical (unpaired) electrons. The van der Waals surface area contributed by atoms with Gasteiger partial charge in [0.05, 0.1) is 29.2 Å². The number of aliphatic hydroxyl groups excluding tert-OH is 1. The molecule has 1 saturated carbocycles. The topological polar surface area (TPSA) is 77.7 Å². The lowest BCUT2D eigenvalue weighted by Crippen LogP contribution is -2.48. The Balaban J connectivity index is 1.25. The average Bonchev–Trinajstić information content (AvgIpc) is 3.88. The Kier molecular flexibility index (Phi) is 8.31. The van der Waals surface area contributed by atoms with Crippen LogP contribution in [0.5, 0.6) is 0 Å². The SMILES string of the molecule is Cc1ccc(N2CCC[C@H](N(Cc3ccnc(C)c3)Cc3cn(C4CC4)c4cc(N5CCC[C@@H](O)C5)c(F)cc4c3=O)C2)cn1. The summed E-state index contributed by atoms with van der Waals surface area (Å²) in [5, 5.41) is 10.7. The second-order valence-corrected chi connectivity index (χ2v) is 13.3. The number of anilines is 2. The monoisotopic (exact) mass is 610 g/mol. The molecule has 2 saturated heterocycles. The van der Waals surface area contributed by atoms with Crippen LogP contribution in [-0.2, 0) is 13.1 Å². The molecule has 9 heteroatoms. The third-order valence-electron chi connectivity index (χ3n) is 9.75. The van der Waals surface area contributed by atoms with Gasteiger partial charge in [0.15, 0.2) is 5.43 Å². The van der Waals surface area contributed by atoms with Gasteiger partial charge in [0.1, 0.15) is 5.82 Å². The van der Waals surface area contributed by atoms with E-state index in [1.807, 2.05) is 43.4 Å². The molecule has 1 aromatic carbocycles. The van der Waals surface area contributed by atoms with Gasteiger partial charge < -0.3 is 19.5 Å². The van der Waals surface area contributed by atoms with E-state index >= 15 is 4.39 Å². The molecular formula is C36H43FN6O2. The summed E-state index contributed by atoms with van der Waals surface area (Å²) in [4.78, 5) is 29.9. The molecule has 3 aliphatic rings. The van der Waals surface area contributed by atoms with Crippen LogP contribution < -0.4 is 15.2 Å². The van der Waals surface area contributed by atoms with Crippen molar-refractivity contribution < 1.29 is 9.50 Å². The first-order chi connectivity index (χ1) is 21.8. The molecule has 1 N–H and O–H groups in total. The van der Waals surface area contributed by atoms with Gasteiger partial charge in [-0.15, -0.1) is 0 Å². The summed E-state index contributed by atoms with van der Waals surface area (Å²) in [7, 11) is 0. The second-order valence-electron chi connectivity index (χ2n) is 13.3. The van der Waals surface area contributed by atoms with Crippen LogP contribution in [0.15, 0.2) is 59.8 Å². The van der Waals surface area contributed by atoms with Crippen LogP contribution in [-0.4, -0.2) is 62.9 Å². The van der Waals surface area contributed by atoms with E-state index < -0.39 is 11.9 Å². The Morgan fingerprint density at radius 3 is 2.51 bits per heavy atom. The first-order valence-electron chi connectivity index (χ1n) is 16.5. The van der Waals surface area contributed by atoms with Crippen LogP contribution in [0.2, 0.25) is 0 Å². The predicted molar refractivity (Wildman–Crippen MR) is 176 cm³/mol. The molecule has 1 aliphatic carbocycles. The lowest BCUT2D eigenvalue weighted by molar-refractivity contribution is 0.154. The number of halogens is 1. The number of hydrogen-bond acceptors (Lipinski definition) is 7. The maximum atomic E-state index is 15.7. The van der Waals surface area contributed by atoms with Crippen LogP contribution >= 0.6 is 0 Å². The lowest BCUT2D eigenvalue weighted by Gasteiger charge is -2.40. The summed E-state index contributed by atoms with van der Waals surface area (Å²) in [6.45, 7) is 8.12. The molecule has 236 valence electrons. The van der Waals surface area contributed by atoms with Crippen molar-refractivity contribution in [1.29, 1.82) is 0 Å². The second kappa shape index (κ2) is 12.5. The standard InChI is InChI=1S/C36H43FN6O2/c1-24-7-8-29(18-39-24)40-13-3-5-30(22-40)42(19-26-11-12-38-25(2)15-26)20-27-21-43(28-9-10-28)34-17-35(33(37)16-32(34)36(27)45)41-14-4-6-31(44)23-41/h7-8,11-12,15-18,21,28,30-31,44H,3-6,9-10,13-14,19-20,22-23H2,1-2H3/t30-,31+/m0/s1. The van der Waals surface area contributed by atoms with Crippen LogP contribution in [0.25, 0.3) is 10.9 Å². The number of aryl methyl sites for hydroxylation is 2. The van der Waals surface area contributed by atoms with Crippen molar-refractivity contribution >= 4 is 22.3 Å². The fraction of sp³-hybridized carbons (Fsp3) is 0.472. The maximum absolute atomic E-state index is 15.7. The predicted octanol–water partition coefficient (Wildman–Crippen LogP) is 5.51. The van der Waals surface area contributed by atoms with Gasteiger partial charge in [0.2, 0.25) is 0 Å². The van der Waals surface area contributed by atoms with Gasteiger partial charge in [-0.05, 0) is 94.3 Å². The Morgan fingerprint density at radius 2 is 1.76 bits per heavy atom. The third kappa shape index (κ3) is 6.47.